The molecule has 1 aromatic heterocycles. The van der Waals surface area contributed by atoms with Crippen LogP contribution in [0.15, 0.2) is 5.38 Å². The lowest BCUT2D eigenvalue weighted by Crippen LogP contribution is -2.39. The molecule has 1 rings (SSSR count). The number of nitrogens with zero attached hydrogens (tertiary/aromatic N) is 2. The molecule has 0 saturated heterocycles. The summed E-state index contributed by atoms with van der Waals surface area (Å²) < 4.78 is 0. The van der Waals surface area contributed by atoms with Crippen LogP contribution in [0.3, 0.4) is 0 Å². The van der Waals surface area contributed by atoms with Crippen molar-refractivity contribution in [3.8, 4) is 0 Å². The summed E-state index contributed by atoms with van der Waals surface area (Å²) in [4.78, 5) is 7.03. The van der Waals surface area contributed by atoms with E-state index < -0.39 is 0 Å². The molecule has 0 bridgehead atoms. The normalized spacial score (nSPS) is 15.5. The summed E-state index contributed by atoms with van der Waals surface area (Å²) in [7, 11) is 2.14. The predicted octanol–water partition coefficient (Wildman–Crippen LogP) is 3.68. The molecule has 2 atom stereocenters. The maximum atomic E-state index is 4.75. The smallest absolute Gasteiger partial charge is 0.185 e. The fourth-order valence-electron chi connectivity index (χ4n) is 1.79. The number of rotatable bonds is 5. The maximum Gasteiger partial charge on any atom is 0.185 e. The molecule has 0 radical (unpaired) electrons. The van der Waals surface area contributed by atoms with Crippen molar-refractivity contribution in [1.29, 1.82) is 0 Å². The highest BCUT2D eigenvalue weighted by Crippen LogP contribution is 2.30. The van der Waals surface area contributed by atoms with Crippen LogP contribution < -0.4 is 10.2 Å². The Hall–Kier alpha value is -0.610. The number of nitrogens with one attached hydrogen (secondary N) is 1. The van der Waals surface area contributed by atoms with Gasteiger partial charge in [-0.05, 0) is 25.8 Å². The average Bonchev–Trinajstić information content (AvgIpc) is 2.75. The van der Waals surface area contributed by atoms with Crippen LogP contribution >= 0.6 is 11.3 Å². The van der Waals surface area contributed by atoms with Crippen LogP contribution in [0.1, 0.15) is 53.3 Å². The molecule has 0 aliphatic carbocycles. The van der Waals surface area contributed by atoms with Crippen LogP contribution in [-0.2, 0) is 0 Å². The molecule has 0 fully saturated rings. The first-order chi connectivity index (χ1) is 8.27. The molecule has 0 saturated carbocycles. The van der Waals surface area contributed by atoms with E-state index >= 15 is 0 Å². The highest BCUT2D eigenvalue weighted by molar-refractivity contribution is 7.13. The molecule has 3 nitrogen and oxygen atoms in total. The zero-order valence-electron chi connectivity index (χ0n) is 12.7. The van der Waals surface area contributed by atoms with E-state index in [1.165, 1.54) is 0 Å². The van der Waals surface area contributed by atoms with Crippen molar-refractivity contribution in [3.05, 3.63) is 11.1 Å². The molecule has 0 aliphatic heterocycles. The summed E-state index contributed by atoms with van der Waals surface area (Å²) in [5, 5.41) is 6.67. The summed E-state index contributed by atoms with van der Waals surface area (Å²) in [6.45, 7) is 14.3. The summed E-state index contributed by atoms with van der Waals surface area (Å²) in [6.07, 6.45) is 0. The van der Waals surface area contributed by atoms with Crippen LogP contribution in [0.2, 0.25) is 0 Å². The van der Waals surface area contributed by atoms with E-state index in [0.29, 0.717) is 12.1 Å². The molecule has 0 aromatic carbocycles. The van der Waals surface area contributed by atoms with Crippen LogP contribution in [0.5, 0.6) is 0 Å². The Balaban J connectivity index is 2.79. The van der Waals surface area contributed by atoms with E-state index in [1.807, 2.05) is 0 Å². The zero-order valence-corrected chi connectivity index (χ0v) is 13.6. The second kappa shape index (κ2) is 6.02. The van der Waals surface area contributed by atoms with Crippen LogP contribution in [0, 0.1) is 5.41 Å². The first kappa shape index (κ1) is 15.4. The largest absolute Gasteiger partial charge is 0.348 e. The fourth-order valence-corrected chi connectivity index (χ4v) is 2.76. The molecule has 1 heterocycles. The van der Waals surface area contributed by atoms with Crippen molar-refractivity contribution in [2.45, 2.75) is 53.6 Å². The van der Waals surface area contributed by atoms with Gasteiger partial charge in [0.1, 0.15) is 0 Å². The third-order valence-corrected chi connectivity index (χ3v) is 4.55. The molecule has 0 aliphatic rings. The van der Waals surface area contributed by atoms with Crippen molar-refractivity contribution in [1.82, 2.24) is 10.3 Å². The molecule has 0 spiro atoms. The lowest BCUT2D eigenvalue weighted by atomic mass is 9.87. The number of hydrogen-bond acceptors (Lipinski definition) is 4. The fraction of sp³-hybridized carbons (Fsp3) is 0.786. The maximum absolute atomic E-state index is 4.75. The van der Waals surface area contributed by atoms with Gasteiger partial charge in [0.25, 0.3) is 0 Å². The Bertz CT molecular complexity index is 367. The average molecular weight is 269 g/mol. The van der Waals surface area contributed by atoms with Gasteiger partial charge in [0, 0.05) is 24.5 Å². The molecule has 104 valence electrons. The lowest BCUT2D eigenvalue weighted by Gasteiger charge is -2.35. The van der Waals surface area contributed by atoms with Gasteiger partial charge in [0.05, 0.1) is 5.69 Å². The minimum Gasteiger partial charge on any atom is -0.348 e. The zero-order chi connectivity index (χ0) is 13.9. The number of anilines is 1. The molecular weight excluding hydrogens is 242 g/mol. The van der Waals surface area contributed by atoms with Gasteiger partial charge in [0.15, 0.2) is 5.13 Å². The Morgan fingerprint density at radius 3 is 2.50 bits per heavy atom. The van der Waals surface area contributed by atoms with E-state index in [9.17, 15) is 0 Å². The van der Waals surface area contributed by atoms with Gasteiger partial charge >= 0.3 is 0 Å². The number of thiazole rings is 1. The minimum absolute atomic E-state index is 0.258. The van der Waals surface area contributed by atoms with Crippen LogP contribution in [0.4, 0.5) is 5.13 Å². The van der Waals surface area contributed by atoms with Gasteiger partial charge in [-0.2, -0.15) is 0 Å². The Labute approximate surface area is 116 Å². The second-order valence-electron chi connectivity index (χ2n) is 5.99. The van der Waals surface area contributed by atoms with Gasteiger partial charge in [-0.25, -0.2) is 4.98 Å². The monoisotopic (exact) mass is 269 g/mol. The molecule has 1 aromatic rings. The Morgan fingerprint density at radius 1 is 1.39 bits per heavy atom. The van der Waals surface area contributed by atoms with E-state index in [0.717, 1.165) is 17.4 Å². The van der Waals surface area contributed by atoms with Gasteiger partial charge in [-0.1, -0.05) is 27.7 Å². The Morgan fingerprint density at radius 2 is 2.00 bits per heavy atom. The van der Waals surface area contributed by atoms with Gasteiger partial charge < -0.3 is 10.2 Å². The van der Waals surface area contributed by atoms with Crippen molar-refractivity contribution in [3.63, 3.8) is 0 Å². The highest BCUT2D eigenvalue weighted by atomic mass is 32.1. The van der Waals surface area contributed by atoms with Gasteiger partial charge in [-0.3, -0.25) is 0 Å². The summed E-state index contributed by atoms with van der Waals surface area (Å²) in [5.41, 5.74) is 1.40. The second-order valence-corrected chi connectivity index (χ2v) is 6.82. The van der Waals surface area contributed by atoms with Gasteiger partial charge in [-0.15, -0.1) is 11.3 Å². The Kier molecular flexibility index (Phi) is 5.17. The minimum atomic E-state index is 0.258. The standard InChI is InChI=1S/C14H27N3S/c1-8-15-10(2)12-9-18-13(16-12)17(7)11(3)14(4,5)6/h9-11,15H,8H2,1-7H3. The van der Waals surface area contributed by atoms with Crippen molar-refractivity contribution >= 4 is 16.5 Å². The van der Waals surface area contributed by atoms with Crippen molar-refractivity contribution < 1.29 is 0 Å². The topological polar surface area (TPSA) is 28.2 Å². The van der Waals surface area contributed by atoms with Gasteiger partial charge in [0.2, 0.25) is 0 Å². The van der Waals surface area contributed by atoms with E-state index in [4.69, 9.17) is 4.98 Å². The first-order valence-corrected chi connectivity index (χ1v) is 7.57. The SMILES string of the molecule is CCNC(C)c1csc(N(C)C(C)C(C)(C)C)n1. The van der Waals surface area contributed by atoms with Crippen LogP contribution in [0.25, 0.3) is 0 Å². The summed E-state index contributed by atoms with van der Waals surface area (Å²) >= 11 is 1.73. The third kappa shape index (κ3) is 3.69. The molecule has 18 heavy (non-hydrogen) atoms. The molecule has 2 unspecified atom stereocenters. The van der Waals surface area contributed by atoms with E-state index in [-0.39, 0.29) is 5.41 Å². The number of hydrogen-bond donors (Lipinski definition) is 1. The van der Waals surface area contributed by atoms with Crippen LogP contribution in [-0.4, -0.2) is 24.6 Å². The summed E-state index contributed by atoms with van der Waals surface area (Å²) in [6, 6.07) is 0.796. The highest BCUT2D eigenvalue weighted by Gasteiger charge is 2.25. The van der Waals surface area contributed by atoms with E-state index in [1.54, 1.807) is 11.3 Å². The third-order valence-electron chi connectivity index (χ3n) is 3.60. The first-order valence-electron chi connectivity index (χ1n) is 6.69. The molecule has 4 heteroatoms. The predicted molar refractivity (Wildman–Crippen MR) is 81.5 cm³/mol. The van der Waals surface area contributed by atoms with Crippen molar-refractivity contribution in [2.75, 3.05) is 18.5 Å². The number of aromatic nitrogens is 1. The molecular formula is C14H27N3S. The molecule has 0 amide bonds. The van der Waals surface area contributed by atoms with Crippen molar-refractivity contribution in [2.24, 2.45) is 5.41 Å². The summed E-state index contributed by atoms with van der Waals surface area (Å²) in [5.74, 6) is 0. The van der Waals surface area contributed by atoms with E-state index in [2.05, 4.69) is 64.2 Å². The quantitative estimate of drug-likeness (QED) is 0.883. The lowest BCUT2D eigenvalue weighted by molar-refractivity contribution is 0.329. The molecule has 1 N–H and O–H groups in total.